The maximum atomic E-state index is 5.41. The van der Waals surface area contributed by atoms with Crippen molar-refractivity contribution in [2.24, 2.45) is 7.05 Å². The third-order valence-electron chi connectivity index (χ3n) is 3.36. The van der Waals surface area contributed by atoms with Gasteiger partial charge in [0.05, 0.1) is 12.2 Å². The number of ether oxygens (including phenoxy) is 1. The standard InChI is InChI=1S/C12H21N3O/c1-9-12(10-4-6-16-7-5-10)15(3)11(14-9)8-13-2/h10,13H,4-8H2,1-3H3. The molecule has 4 nitrogen and oxygen atoms in total. The topological polar surface area (TPSA) is 39.1 Å². The van der Waals surface area contributed by atoms with Gasteiger partial charge in [-0.3, -0.25) is 0 Å². The summed E-state index contributed by atoms with van der Waals surface area (Å²) in [4.78, 5) is 4.63. The van der Waals surface area contributed by atoms with E-state index in [9.17, 15) is 0 Å². The van der Waals surface area contributed by atoms with E-state index in [1.807, 2.05) is 7.05 Å². The summed E-state index contributed by atoms with van der Waals surface area (Å²) in [5.41, 5.74) is 2.58. The van der Waals surface area contributed by atoms with Gasteiger partial charge in [0, 0.05) is 31.9 Å². The quantitative estimate of drug-likeness (QED) is 0.840. The third-order valence-corrected chi connectivity index (χ3v) is 3.36. The van der Waals surface area contributed by atoms with E-state index in [2.05, 4.69) is 28.8 Å². The summed E-state index contributed by atoms with van der Waals surface area (Å²) >= 11 is 0. The van der Waals surface area contributed by atoms with E-state index in [1.165, 1.54) is 11.4 Å². The van der Waals surface area contributed by atoms with E-state index in [0.29, 0.717) is 5.92 Å². The molecule has 0 radical (unpaired) electrons. The average Bonchev–Trinajstić information content (AvgIpc) is 2.56. The van der Waals surface area contributed by atoms with Crippen LogP contribution in [0.1, 0.15) is 36.0 Å². The van der Waals surface area contributed by atoms with Crippen LogP contribution in [0.4, 0.5) is 0 Å². The van der Waals surface area contributed by atoms with Crippen molar-refractivity contribution in [3.05, 3.63) is 17.2 Å². The Morgan fingerprint density at radius 2 is 2.12 bits per heavy atom. The Balaban J connectivity index is 2.24. The summed E-state index contributed by atoms with van der Waals surface area (Å²) in [5.74, 6) is 1.75. The molecule has 0 saturated carbocycles. The van der Waals surface area contributed by atoms with E-state index < -0.39 is 0 Å². The van der Waals surface area contributed by atoms with Gasteiger partial charge in [-0.15, -0.1) is 0 Å². The fourth-order valence-corrected chi connectivity index (χ4v) is 2.56. The van der Waals surface area contributed by atoms with Gasteiger partial charge in [0.25, 0.3) is 0 Å². The van der Waals surface area contributed by atoms with Crippen molar-refractivity contribution in [3.8, 4) is 0 Å². The summed E-state index contributed by atoms with van der Waals surface area (Å²) < 4.78 is 7.67. The first-order valence-corrected chi connectivity index (χ1v) is 5.98. The Labute approximate surface area is 97.0 Å². The second kappa shape index (κ2) is 4.97. The Bertz CT molecular complexity index is 353. The fourth-order valence-electron chi connectivity index (χ4n) is 2.56. The van der Waals surface area contributed by atoms with Crippen LogP contribution in [0, 0.1) is 6.92 Å². The van der Waals surface area contributed by atoms with Crippen LogP contribution in [0.3, 0.4) is 0 Å². The highest BCUT2D eigenvalue weighted by atomic mass is 16.5. The molecule has 16 heavy (non-hydrogen) atoms. The van der Waals surface area contributed by atoms with E-state index >= 15 is 0 Å². The lowest BCUT2D eigenvalue weighted by Crippen LogP contribution is -2.18. The van der Waals surface area contributed by atoms with E-state index in [1.54, 1.807) is 0 Å². The van der Waals surface area contributed by atoms with Crippen LogP contribution in [-0.4, -0.2) is 29.8 Å². The Morgan fingerprint density at radius 3 is 2.75 bits per heavy atom. The van der Waals surface area contributed by atoms with Crippen LogP contribution >= 0.6 is 0 Å². The van der Waals surface area contributed by atoms with E-state index in [4.69, 9.17) is 4.74 Å². The smallest absolute Gasteiger partial charge is 0.122 e. The van der Waals surface area contributed by atoms with Crippen molar-refractivity contribution in [1.29, 1.82) is 0 Å². The van der Waals surface area contributed by atoms with Crippen LogP contribution in [0.2, 0.25) is 0 Å². The van der Waals surface area contributed by atoms with Crippen LogP contribution in [0.5, 0.6) is 0 Å². The minimum Gasteiger partial charge on any atom is -0.381 e. The maximum absolute atomic E-state index is 5.41. The number of hydrogen-bond donors (Lipinski definition) is 1. The molecule has 2 rings (SSSR count). The largest absolute Gasteiger partial charge is 0.381 e. The molecule has 0 aliphatic carbocycles. The van der Waals surface area contributed by atoms with Gasteiger partial charge in [0.15, 0.2) is 0 Å². The second-order valence-electron chi connectivity index (χ2n) is 4.47. The molecule has 0 unspecified atom stereocenters. The first-order chi connectivity index (χ1) is 7.74. The van der Waals surface area contributed by atoms with Crippen LogP contribution in [0.25, 0.3) is 0 Å². The highest BCUT2D eigenvalue weighted by molar-refractivity contribution is 5.20. The number of hydrogen-bond acceptors (Lipinski definition) is 3. The molecule has 2 heterocycles. The van der Waals surface area contributed by atoms with E-state index in [-0.39, 0.29) is 0 Å². The van der Waals surface area contributed by atoms with Gasteiger partial charge in [-0.1, -0.05) is 0 Å². The molecule has 90 valence electrons. The number of aryl methyl sites for hydroxylation is 1. The summed E-state index contributed by atoms with van der Waals surface area (Å²) in [6, 6.07) is 0. The molecule has 0 aromatic carbocycles. The lowest BCUT2D eigenvalue weighted by molar-refractivity contribution is 0.0837. The van der Waals surface area contributed by atoms with Gasteiger partial charge in [0.2, 0.25) is 0 Å². The molecule has 1 aliphatic heterocycles. The lowest BCUT2D eigenvalue weighted by atomic mass is 9.95. The summed E-state index contributed by atoms with van der Waals surface area (Å²) in [7, 11) is 4.08. The monoisotopic (exact) mass is 223 g/mol. The number of nitrogens with one attached hydrogen (secondary N) is 1. The first-order valence-electron chi connectivity index (χ1n) is 5.98. The van der Waals surface area contributed by atoms with Gasteiger partial charge >= 0.3 is 0 Å². The fraction of sp³-hybridized carbons (Fsp3) is 0.750. The summed E-state index contributed by atoms with van der Waals surface area (Å²) in [6.07, 6.45) is 2.25. The van der Waals surface area contributed by atoms with Crippen molar-refractivity contribution < 1.29 is 4.74 Å². The van der Waals surface area contributed by atoms with Crippen LogP contribution < -0.4 is 5.32 Å². The van der Waals surface area contributed by atoms with Gasteiger partial charge in [0.1, 0.15) is 5.82 Å². The number of nitrogens with zero attached hydrogens (tertiary/aromatic N) is 2. The minimum absolute atomic E-state index is 0.622. The Morgan fingerprint density at radius 1 is 1.44 bits per heavy atom. The SMILES string of the molecule is CNCc1nc(C)c(C2CCOCC2)n1C. The highest BCUT2D eigenvalue weighted by Gasteiger charge is 2.22. The molecule has 1 saturated heterocycles. The molecule has 4 heteroatoms. The highest BCUT2D eigenvalue weighted by Crippen LogP contribution is 2.29. The molecule has 1 fully saturated rings. The molecule has 1 aromatic heterocycles. The average molecular weight is 223 g/mol. The molecule has 0 amide bonds. The van der Waals surface area contributed by atoms with Gasteiger partial charge in [-0.2, -0.15) is 0 Å². The maximum Gasteiger partial charge on any atom is 0.122 e. The molecule has 0 bridgehead atoms. The Hall–Kier alpha value is -0.870. The van der Waals surface area contributed by atoms with Crippen molar-refractivity contribution in [2.45, 2.75) is 32.2 Å². The molecule has 1 aromatic rings. The van der Waals surface area contributed by atoms with Gasteiger partial charge in [-0.25, -0.2) is 4.98 Å². The Kier molecular flexibility index (Phi) is 3.61. The first kappa shape index (κ1) is 11.6. The zero-order chi connectivity index (χ0) is 11.5. The molecular formula is C12H21N3O. The van der Waals surface area contributed by atoms with Crippen molar-refractivity contribution in [3.63, 3.8) is 0 Å². The lowest BCUT2D eigenvalue weighted by Gasteiger charge is -2.23. The number of imidazole rings is 1. The zero-order valence-electron chi connectivity index (χ0n) is 10.4. The zero-order valence-corrected chi connectivity index (χ0v) is 10.4. The van der Waals surface area contributed by atoms with Crippen LogP contribution in [0.15, 0.2) is 0 Å². The minimum atomic E-state index is 0.622. The molecule has 0 spiro atoms. The van der Waals surface area contributed by atoms with Crippen molar-refractivity contribution >= 4 is 0 Å². The normalized spacial score (nSPS) is 17.9. The van der Waals surface area contributed by atoms with E-state index in [0.717, 1.165) is 38.4 Å². The van der Waals surface area contributed by atoms with Gasteiger partial charge < -0.3 is 14.6 Å². The molecular weight excluding hydrogens is 202 g/mol. The van der Waals surface area contributed by atoms with Crippen LogP contribution in [-0.2, 0) is 18.3 Å². The molecule has 0 atom stereocenters. The summed E-state index contributed by atoms with van der Waals surface area (Å²) in [6.45, 7) is 4.72. The predicted molar refractivity (Wildman–Crippen MR) is 63.5 cm³/mol. The number of rotatable bonds is 3. The second-order valence-corrected chi connectivity index (χ2v) is 4.47. The van der Waals surface area contributed by atoms with Crippen molar-refractivity contribution in [2.75, 3.05) is 20.3 Å². The molecule has 1 aliphatic rings. The third kappa shape index (κ3) is 2.13. The summed E-state index contributed by atoms with van der Waals surface area (Å²) in [5, 5.41) is 3.16. The molecule has 1 N–H and O–H groups in total. The predicted octanol–water partition coefficient (Wildman–Crippen LogP) is 1.34. The van der Waals surface area contributed by atoms with Crippen molar-refractivity contribution in [1.82, 2.24) is 14.9 Å². The number of aromatic nitrogens is 2. The van der Waals surface area contributed by atoms with Gasteiger partial charge in [-0.05, 0) is 26.8 Å².